The molecule has 4 nitrogen and oxygen atoms in total. The lowest BCUT2D eigenvalue weighted by molar-refractivity contribution is 0.273. The fourth-order valence-electron chi connectivity index (χ4n) is 1.72. The average Bonchev–Trinajstić information content (AvgIpc) is 2.32. The molecule has 2 N–H and O–H groups in total. The molecule has 17 heavy (non-hydrogen) atoms. The van der Waals surface area contributed by atoms with Gasteiger partial charge in [0.25, 0.3) is 0 Å². The number of benzene rings is 2. The summed E-state index contributed by atoms with van der Waals surface area (Å²) in [4.78, 5) is 0. The molecule has 0 aliphatic heterocycles. The van der Waals surface area contributed by atoms with E-state index >= 15 is 0 Å². The minimum absolute atomic E-state index is 0.347. The molecule has 0 aliphatic rings. The fourth-order valence-corrected chi connectivity index (χ4v) is 1.72. The van der Waals surface area contributed by atoms with Gasteiger partial charge in [-0.05, 0) is 18.4 Å². The van der Waals surface area contributed by atoms with Crippen molar-refractivity contribution in [3.8, 4) is 11.5 Å². The first kappa shape index (κ1) is 11.8. The Hall–Kier alpha value is -1.72. The molecule has 0 radical (unpaired) electrons. The number of hydrogen-bond acceptors (Lipinski definition) is 4. The molecule has 2 aromatic rings. The Morgan fingerprint density at radius 1 is 1.12 bits per heavy atom. The van der Waals surface area contributed by atoms with Crippen LogP contribution in [0, 0.1) is 0 Å². The van der Waals surface area contributed by atoms with Gasteiger partial charge in [0.2, 0.25) is 0 Å². The number of fused-ring (bicyclic) bond motifs is 1. The lowest BCUT2D eigenvalue weighted by Crippen LogP contribution is -2.21. The minimum atomic E-state index is -1.86. The van der Waals surface area contributed by atoms with E-state index in [9.17, 15) is 0 Å². The van der Waals surface area contributed by atoms with Crippen molar-refractivity contribution >= 4 is 18.1 Å². The first-order chi connectivity index (χ1) is 8.22. The third kappa shape index (κ3) is 2.51. The van der Waals surface area contributed by atoms with Crippen molar-refractivity contribution < 1.29 is 19.4 Å². The van der Waals surface area contributed by atoms with Gasteiger partial charge in [-0.3, -0.25) is 0 Å². The van der Waals surface area contributed by atoms with Gasteiger partial charge in [0.15, 0.2) is 11.5 Å². The zero-order valence-corrected chi connectivity index (χ0v) is 9.46. The maximum Gasteiger partial charge on any atom is 0.707 e. The van der Waals surface area contributed by atoms with Crippen LogP contribution in [0.15, 0.2) is 36.4 Å². The van der Waals surface area contributed by atoms with Crippen LogP contribution in [0.5, 0.6) is 11.5 Å². The molecule has 0 fully saturated rings. The highest BCUT2D eigenvalue weighted by Crippen LogP contribution is 2.35. The van der Waals surface area contributed by atoms with Crippen molar-refractivity contribution in [2.45, 2.75) is 6.92 Å². The van der Waals surface area contributed by atoms with Gasteiger partial charge < -0.3 is 19.4 Å². The SMILES string of the molecule is CCOc1ccc2ccccc2c1OB(O)O. The molecule has 0 unspecified atom stereocenters. The van der Waals surface area contributed by atoms with E-state index in [1.54, 1.807) is 6.07 Å². The molecule has 0 bridgehead atoms. The summed E-state index contributed by atoms with van der Waals surface area (Å²) in [5.74, 6) is 0.847. The van der Waals surface area contributed by atoms with Crippen LogP contribution in [0.1, 0.15) is 6.92 Å². The van der Waals surface area contributed by atoms with E-state index in [2.05, 4.69) is 0 Å². The zero-order chi connectivity index (χ0) is 12.3. The second-order valence-electron chi connectivity index (χ2n) is 3.49. The minimum Gasteiger partial charge on any atom is -0.509 e. The number of hydrogen-bond donors (Lipinski definition) is 2. The summed E-state index contributed by atoms with van der Waals surface area (Å²) >= 11 is 0. The Bertz CT molecular complexity index is 513. The standard InChI is InChI=1S/C12H13BO4/c1-2-16-11-8-7-9-5-3-4-6-10(9)12(11)17-13(14)15/h3-8,14-15H,2H2,1H3. The highest BCUT2D eigenvalue weighted by Gasteiger charge is 2.17. The van der Waals surface area contributed by atoms with E-state index in [-0.39, 0.29) is 0 Å². The predicted molar refractivity (Wildman–Crippen MR) is 65.9 cm³/mol. The van der Waals surface area contributed by atoms with Gasteiger partial charge in [-0.2, -0.15) is 0 Å². The summed E-state index contributed by atoms with van der Waals surface area (Å²) in [5, 5.41) is 19.6. The van der Waals surface area contributed by atoms with Crippen LogP contribution in [0.25, 0.3) is 10.8 Å². The summed E-state index contributed by atoms with van der Waals surface area (Å²) in [5.41, 5.74) is 0. The highest BCUT2D eigenvalue weighted by atomic mass is 16.6. The van der Waals surface area contributed by atoms with Gasteiger partial charge in [0, 0.05) is 5.39 Å². The van der Waals surface area contributed by atoms with E-state index in [0.717, 1.165) is 10.8 Å². The third-order valence-electron chi connectivity index (χ3n) is 2.37. The Labute approximate surface area is 99.6 Å². The monoisotopic (exact) mass is 232 g/mol. The fraction of sp³-hybridized carbons (Fsp3) is 0.167. The predicted octanol–water partition coefficient (Wildman–Crippen LogP) is 1.59. The maximum absolute atomic E-state index is 8.94. The van der Waals surface area contributed by atoms with Crippen LogP contribution in [-0.4, -0.2) is 24.0 Å². The van der Waals surface area contributed by atoms with Crippen molar-refractivity contribution in [3.63, 3.8) is 0 Å². The second-order valence-corrected chi connectivity index (χ2v) is 3.49. The van der Waals surface area contributed by atoms with Gasteiger partial charge >= 0.3 is 7.32 Å². The van der Waals surface area contributed by atoms with Crippen LogP contribution in [0.4, 0.5) is 0 Å². The molecule has 0 amide bonds. The molecule has 0 saturated carbocycles. The van der Waals surface area contributed by atoms with Crippen LogP contribution >= 0.6 is 0 Å². The Kier molecular flexibility index (Phi) is 3.51. The molecule has 0 atom stereocenters. The Morgan fingerprint density at radius 2 is 1.88 bits per heavy atom. The molecule has 0 aromatic heterocycles. The molecule has 5 heteroatoms. The van der Waals surface area contributed by atoms with Crippen molar-refractivity contribution in [1.29, 1.82) is 0 Å². The van der Waals surface area contributed by atoms with E-state index in [1.807, 2.05) is 37.3 Å². The zero-order valence-electron chi connectivity index (χ0n) is 9.46. The summed E-state index contributed by atoms with van der Waals surface area (Å²) in [6, 6.07) is 11.2. The van der Waals surface area contributed by atoms with Gasteiger partial charge in [-0.15, -0.1) is 0 Å². The summed E-state index contributed by atoms with van der Waals surface area (Å²) in [7, 11) is -1.86. The average molecular weight is 232 g/mol. The lowest BCUT2D eigenvalue weighted by atomic mass is 10.1. The topological polar surface area (TPSA) is 58.9 Å². The van der Waals surface area contributed by atoms with Crippen LogP contribution in [-0.2, 0) is 0 Å². The van der Waals surface area contributed by atoms with Crippen molar-refractivity contribution in [3.05, 3.63) is 36.4 Å². The molecular weight excluding hydrogens is 219 g/mol. The Morgan fingerprint density at radius 3 is 2.59 bits per heavy atom. The first-order valence-corrected chi connectivity index (χ1v) is 5.39. The number of rotatable bonds is 4. The molecule has 2 aromatic carbocycles. The maximum atomic E-state index is 8.94. The van der Waals surface area contributed by atoms with Crippen molar-refractivity contribution in [2.24, 2.45) is 0 Å². The van der Waals surface area contributed by atoms with Crippen LogP contribution in [0.3, 0.4) is 0 Å². The van der Waals surface area contributed by atoms with E-state index in [1.165, 1.54) is 0 Å². The third-order valence-corrected chi connectivity index (χ3v) is 2.37. The summed E-state index contributed by atoms with van der Waals surface area (Å²) in [6.07, 6.45) is 0. The molecule has 0 spiro atoms. The largest absolute Gasteiger partial charge is 0.707 e. The van der Waals surface area contributed by atoms with Crippen molar-refractivity contribution in [2.75, 3.05) is 6.61 Å². The van der Waals surface area contributed by atoms with Crippen LogP contribution in [0.2, 0.25) is 0 Å². The van der Waals surface area contributed by atoms with Gasteiger partial charge in [0.05, 0.1) is 6.61 Å². The first-order valence-electron chi connectivity index (χ1n) is 5.39. The second kappa shape index (κ2) is 5.08. The van der Waals surface area contributed by atoms with Crippen molar-refractivity contribution in [1.82, 2.24) is 0 Å². The Balaban J connectivity index is 2.57. The van der Waals surface area contributed by atoms with Crippen LogP contribution < -0.4 is 9.39 Å². The molecule has 0 saturated heterocycles. The molecule has 0 heterocycles. The normalized spacial score (nSPS) is 10.3. The van der Waals surface area contributed by atoms with Gasteiger partial charge in [0.1, 0.15) is 0 Å². The highest BCUT2D eigenvalue weighted by molar-refractivity contribution is 6.34. The van der Waals surface area contributed by atoms with E-state index in [0.29, 0.717) is 18.1 Å². The molecule has 0 aliphatic carbocycles. The van der Waals surface area contributed by atoms with E-state index < -0.39 is 7.32 Å². The lowest BCUT2D eigenvalue weighted by Gasteiger charge is -2.14. The molecular formula is C12H13BO4. The quantitative estimate of drug-likeness (QED) is 0.785. The summed E-state index contributed by atoms with van der Waals surface area (Å²) < 4.78 is 10.4. The summed E-state index contributed by atoms with van der Waals surface area (Å²) in [6.45, 7) is 2.34. The van der Waals surface area contributed by atoms with Gasteiger partial charge in [-0.25, -0.2) is 0 Å². The molecule has 2 rings (SSSR count). The van der Waals surface area contributed by atoms with E-state index in [4.69, 9.17) is 19.4 Å². The van der Waals surface area contributed by atoms with Gasteiger partial charge in [-0.1, -0.05) is 30.3 Å². The smallest absolute Gasteiger partial charge is 0.509 e. The number of ether oxygens (including phenoxy) is 1. The molecule has 88 valence electrons.